The van der Waals surface area contributed by atoms with E-state index in [0.29, 0.717) is 6.04 Å². The van der Waals surface area contributed by atoms with E-state index in [0.717, 1.165) is 10.9 Å². The van der Waals surface area contributed by atoms with Crippen molar-refractivity contribution in [2.45, 2.75) is 50.6 Å². The van der Waals surface area contributed by atoms with Crippen LogP contribution in [-0.4, -0.2) is 32.1 Å². The van der Waals surface area contributed by atoms with Crippen molar-refractivity contribution in [3.8, 4) is 0 Å². The summed E-state index contributed by atoms with van der Waals surface area (Å²) in [5.41, 5.74) is 3.08. The summed E-state index contributed by atoms with van der Waals surface area (Å²) >= 11 is 3.52. The maximum atomic E-state index is 3.52. The molecule has 0 saturated heterocycles. The average Bonchev–Trinajstić information content (AvgIpc) is 2.69. The van der Waals surface area contributed by atoms with E-state index in [-0.39, 0.29) is 5.54 Å². The number of benzene rings is 2. The van der Waals surface area contributed by atoms with Gasteiger partial charge in [-0.2, -0.15) is 0 Å². The second-order valence-electron chi connectivity index (χ2n) is 7.34. The molecular formula is C23H33BrN2. The fourth-order valence-electron chi connectivity index (χ4n) is 3.85. The Bertz CT molecular complexity index is 629. The van der Waals surface area contributed by atoms with Gasteiger partial charge >= 0.3 is 0 Å². The van der Waals surface area contributed by atoms with Gasteiger partial charge in [0.2, 0.25) is 0 Å². The second kappa shape index (κ2) is 10.2. The van der Waals surface area contributed by atoms with Crippen molar-refractivity contribution in [1.82, 2.24) is 10.2 Å². The highest BCUT2D eigenvalue weighted by Gasteiger charge is 2.38. The number of hydrogen-bond acceptors (Lipinski definition) is 2. The maximum absolute atomic E-state index is 3.52. The van der Waals surface area contributed by atoms with Gasteiger partial charge in [-0.05, 0) is 76.5 Å². The van der Waals surface area contributed by atoms with Gasteiger partial charge in [-0.1, -0.05) is 65.3 Å². The molecule has 0 aromatic heterocycles. The molecule has 0 unspecified atom stereocenters. The van der Waals surface area contributed by atoms with Crippen molar-refractivity contribution in [2.24, 2.45) is 0 Å². The van der Waals surface area contributed by atoms with Gasteiger partial charge in [0.15, 0.2) is 0 Å². The molecule has 2 aromatic carbocycles. The Morgan fingerprint density at radius 2 is 1.58 bits per heavy atom. The van der Waals surface area contributed by atoms with Crippen LogP contribution in [0.5, 0.6) is 0 Å². The molecule has 1 N–H and O–H groups in total. The van der Waals surface area contributed by atoms with E-state index in [1.165, 1.54) is 36.8 Å². The SMILES string of the molecule is CCc1ccccc1.CNC1CCC(c2ccc(Br)cc2)(N(C)C)CC1. The van der Waals surface area contributed by atoms with Crippen LogP contribution in [0.3, 0.4) is 0 Å². The first-order valence-electron chi connectivity index (χ1n) is 9.66. The molecule has 26 heavy (non-hydrogen) atoms. The minimum Gasteiger partial charge on any atom is -0.317 e. The number of nitrogens with one attached hydrogen (secondary N) is 1. The first kappa shape index (κ1) is 21.1. The van der Waals surface area contributed by atoms with Crippen LogP contribution in [0.4, 0.5) is 0 Å². The third-order valence-corrected chi connectivity index (χ3v) is 6.24. The Labute approximate surface area is 168 Å². The standard InChI is InChI=1S/C15H23BrN2.C8H10/c1-17-14-8-10-15(11-9-14,18(2)3)12-4-6-13(16)7-5-12;1-2-8-6-4-3-5-7-8/h4-7,14,17H,8-11H2,1-3H3;3-7H,2H2,1H3. The molecule has 1 saturated carbocycles. The molecule has 0 spiro atoms. The maximum Gasteiger partial charge on any atom is 0.0455 e. The van der Waals surface area contributed by atoms with Crippen LogP contribution in [-0.2, 0) is 12.0 Å². The van der Waals surface area contributed by atoms with Gasteiger partial charge in [0, 0.05) is 16.1 Å². The van der Waals surface area contributed by atoms with Crippen molar-refractivity contribution in [2.75, 3.05) is 21.1 Å². The molecule has 0 amide bonds. The Kier molecular flexibility index (Phi) is 8.33. The fraction of sp³-hybridized carbons (Fsp3) is 0.478. The van der Waals surface area contributed by atoms with Gasteiger partial charge in [-0.25, -0.2) is 0 Å². The van der Waals surface area contributed by atoms with Crippen LogP contribution in [0.25, 0.3) is 0 Å². The highest BCUT2D eigenvalue weighted by molar-refractivity contribution is 9.10. The first-order chi connectivity index (χ1) is 12.5. The van der Waals surface area contributed by atoms with Crippen molar-refractivity contribution >= 4 is 15.9 Å². The van der Waals surface area contributed by atoms with E-state index >= 15 is 0 Å². The lowest BCUT2D eigenvalue weighted by Gasteiger charge is -2.45. The zero-order chi connectivity index (χ0) is 19.0. The van der Waals surface area contributed by atoms with Gasteiger partial charge in [-0.15, -0.1) is 0 Å². The first-order valence-corrected chi connectivity index (χ1v) is 10.5. The predicted molar refractivity (Wildman–Crippen MR) is 117 cm³/mol. The smallest absolute Gasteiger partial charge is 0.0455 e. The molecule has 142 valence electrons. The minimum atomic E-state index is 0.216. The number of aryl methyl sites for hydroxylation is 1. The number of hydrogen-bond donors (Lipinski definition) is 1. The number of nitrogens with zero attached hydrogens (tertiary/aromatic N) is 1. The third-order valence-electron chi connectivity index (χ3n) is 5.71. The van der Waals surface area contributed by atoms with Gasteiger partial charge in [0.05, 0.1) is 0 Å². The largest absolute Gasteiger partial charge is 0.317 e. The molecule has 3 heteroatoms. The normalized spacial score (nSPS) is 22.6. The molecule has 1 aliphatic carbocycles. The van der Waals surface area contributed by atoms with Gasteiger partial charge in [0.1, 0.15) is 0 Å². The molecule has 0 radical (unpaired) electrons. The Morgan fingerprint density at radius 1 is 1.00 bits per heavy atom. The van der Waals surface area contributed by atoms with Crippen LogP contribution >= 0.6 is 15.9 Å². The molecule has 0 heterocycles. The third kappa shape index (κ3) is 5.42. The van der Waals surface area contributed by atoms with Crippen molar-refractivity contribution < 1.29 is 0 Å². The summed E-state index contributed by atoms with van der Waals surface area (Å²) in [4.78, 5) is 2.40. The number of rotatable bonds is 4. The van der Waals surface area contributed by atoms with E-state index in [2.05, 4.69) is 103 Å². The Morgan fingerprint density at radius 3 is 2.00 bits per heavy atom. The summed E-state index contributed by atoms with van der Waals surface area (Å²) in [6, 6.07) is 20.0. The summed E-state index contributed by atoms with van der Waals surface area (Å²) < 4.78 is 1.16. The fourth-order valence-corrected chi connectivity index (χ4v) is 4.12. The zero-order valence-corrected chi connectivity index (χ0v) is 18.2. The van der Waals surface area contributed by atoms with E-state index in [9.17, 15) is 0 Å². The monoisotopic (exact) mass is 416 g/mol. The highest BCUT2D eigenvalue weighted by Crippen LogP contribution is 2.41. The van der Waals surface area contributed by atoms with E-state index in [1.807, 2.05) is 6.07 Å². The van der Waals surface area contributed by atoms with Crippen molar-refractivity contribution in [3.05, 3.63) is 70.2 Å². The van der Waals surface area contributed by atoms with Crippen LogP contribution in [0.15, 0.2) is 59.1 Å². The topological polar surface area (TPSA) is 15.3 Å². The average molecular weight is 417 g/mol. The van der Waals surface area contributed by atoms with Crippen LogP contribution < -0.4 is 5.32 Å². The molecule has 1 aliphatic rings. The summed E-state index contributed by atoms with van der Waals surface area (Å²) in [5, 5.41) is 3.42. The summed E-state index contributed by atoms with van der Waals surface area (Å²) in [6.07, 6.45) is 6.11. The second-order valence-corrected chi connectivity index (χ2v) is 8.25. The van der Waals surface area contributed by atoms with Gasteiger partial charge in [-0.3, -0.25) is 4.90 Å². The highest BCUT2D eigenvalue weighted by atomic mass is 79.9. The van der Waals surface area contributed by atoms with Gasteiger partial charge < -0.3 is 5.32 Å². The molecule has 2 nitrogen and oxygen atoms in total. The molecule has 1 fully saturated rings. The number of halogens is 1. The van der Waals surface area contributed by atoms with E-state index < -0.39 is 0 Å². The lowest BCUT2D eigenvalue weighted by molar-refractivity contribution is 0.0870. The summed E-state index contributed by atoms with van der Waals surface area (Å²) in [7, 11) is 6.50. The molecule has 0 atom stereocenters. The van der Waals surface area contributed by atoms with Gasteiger partial charge in [0.25, 0.3) is 0 Å². The molecule has 0 bridgehead atoms. The Hall–Kier alpha value is -1.16. The molecule has 3 rings (SSSR count). The van der Waals surface area contributed by atoms with Crippen LogP contribution in [0.2, 0.25) is 0 Å². The minimum absolute atomic E-state index is 0.216. The molecule has 0 aliphatic heterocycles. The lowest BCUT2D eigenvalue weighted by atomic mass is 9.74. The predicted octanol–water partition coefficient (Wildman–Crippen LogP) is 5.62. The quantitative estimate of drug-likeness (QED) is 0.695. The van der Waals surface area contributed by atoms with Crippen LogP contribution in [0, 0.1) is 0 Å². The Balaban J connectivity index is 0.000000254. The lowest BCUT2D eigenvalue weighted by Crippen LogP contribution is -2.47. The molecular weight excluding hydrogens is 384 g/mol. The van der Waals surface area contributed by atoms with Crippen molar-refractivity contribution in [1.29, 1.82) is 0 Å². The zero-order valence-electron chi connectivity index (χ0n) is 16.6. The van der Waals surface area contributed by atoms with Crippen LogP contribution in [0.1, 0.15) is 43.7 Å². The summed E-state index contributed by atoms with van der Waals surface area (Å²) in [5.74, 6) is 0. The van der Waals surface area contributed by atoms with E-state index in [4.69, 9.17) is 0 Å². The summed E-state index contributed by atoms with van der Waals surface area (Å²) in [6.45, 7) is 2.16. The van der Waals surface area contributed by atoms with E-state index in [1.54, 1.807) is 0 Å². The van der Waals surface area contributed by atoms with Crippen molar-refractivity contribution in [3.63, 3.8) is 0 Å². The molecule has 2 aromatic rings.